The minimum absolute atomic E-state index is 0.157. The van der Waals surface area contributed by atoms with Gasteiger partial charge in [-0.2, -0.15) is 0 Å². The lowest BCUT2D eigenvalue weighted by Gasteiger charge is -2.20. The minimum atomic E-state index is -0.993. The van der Waals surface area contributed by atoms with E-state index in [0.717, 1.165) is 4.90 Å². The molecule has 1 saturated heterocycles. The number of nitrogens with one attached hydrogen (secondary N) is 3. The van der Waals surface area contributed by atoms with E-state index in [1.165, 1.54) is 17.3 Å². The molecule has 2 aromatic carbocycles. The predicted octanol–water partition coefficient (Wildman–Crippen LogP) is 2.91. The van der Waals surface area contributed by atoms with E-state index in [1.807, 2.05) is 48.5 Å². The van der Waals surface area contributed by atoms with E-state index in [2.05, 4.69) is 22.9 Å². The van der Waals surface area contributed by atoms with Crippen LogP contribution in [0.25, 0.3) is 0 Å². The molecule has 2 atom stereocenters. The Hall–Kier alpha value is -2.80. The first-order chi connectivity index (χ1) is 13.4. The number of hydrogen-bond acceptors (Lipinski definition) is 4. The van der Waals surface area contributed by atoms with Gasteiger partial charge in [-0.3, -0.25) is 14.9 Å². The molecule has 0 aliphatic carbocycles. The highest BCUT2D eigenvalue weighted by atomic mass is 32.2. The monoisotopic (exact) mass is 397 g/mol. The highest BCUT2D eigenvalue weighted by Gasteiger charge is 2.41. The molecule has 1 heterocycles. The molecule has 0 radical (unpaired) electrons. The van der Waals surface area contributed by atoms with Crippen LogP contribution >= 0.6 is 11.8 Å². The molecule has 0 saturated carbocycles. The molecular formula is C21H23N3O3S. The number of carbonyl (C=O) groups excluding carboxylic acids is 3. The molecule has 7 heteroatoms. The quantitative estimate of drug-likeness (QED) is 0.495. The normalized spacial score (nSPS) is 19.6. The average Bonchev–Trinajstić information content (AvgIpc) is 2.97. The molecule has 6 nitrogen and oxygen atoms in total. The van der Waals surface area contributed by atoms with Gasteiger partial charge in [0.05, 0.1) is 5.56 Å². The highest BCUT2D eigenvalue weighted by Crippen LogP contribution is 2.27. The van der Waals surface area contributed by atoms with Crippen molar-refractivity contribution in [1.29, 1.82) is 0 Å². The van der Waals surface area contributed by atoms with Crippen LogP contribution in [0.2, 0.25) is 0 Å². The third-order valence-corrected chi connectivity index (χ3v) is 6.09. The number of urea groups is 1. The topological polar surface area (TPSA) is 87.3 Å². The van der Waals surface area contributed by atoms with Crippen molar-refractivity contribution in [3.05, 3.63) is 65.7 Å². The summed E-state index contributed by atoms with van der Waals surface area (Å²) in [4.78, 5) is 36.9. The van der Waals surface area contributed by atoms with Gasteiger partial charge in [0.2, 0.25) is 0 Å². The number of imide groups is 1. The molecule has 146 valence electrons. The van der Waals surface area contributed by atoms with E-state index >= 15 is 0 Å². The maximum Gasteiger partial charge on any atom is 0.322 e. The molecule has 2 aromatic rings. The summed E-state index contributed by atoms with van der Waals surface area (Å²) >= 11 is 1.37. The lowest BCUT2D eigenvalue weighted by Crippen LogP contribution is -2.46. The Labute approximate surface area is 168 Å². The molecule has 3 rings (SSSR count). The minimum Gasteiger partial charge on any atom is -0.351 e. The molecular weight excluding hydrogens is 374 g/mol. The Morgan fingerprint density at radius 3 is 2.46 bits per heavy atom. The van der Waals surface area contributed by atoms with Gasteiger partial charge in [0.1, 0.15) is 5.54 Å². The second-order valence-electron chi connectivity index (χ2n) is 7.05. The smallest absolute Gasteiger partial charge is 0.322 e. The van der Waals surface area contributed by atoms with Crippen molar-refractivity contribution in [2.75, 3.05) is 12.3 Å². The summed E-state index contributed by atoms with van der Waals surface area (Å²) in [5, 5.41) is 7.87. The van der Waals surface area contributed by atoms with Crippen LogP contribution in [0.5, 0.6) is 0 Å². The lowest BCUT2D eigenvalue weighted by atomic mass is 10.0. The maximum atomic E-state index is 12.7. The van der Waals surface area contributed by atoms with Crippen molar-refractivity contribution in [3.63, 3.8) is 0 Å². The first-order valence-electron chi connectivity index (χ1n) is 9.07. The van der Waals surface area contributed by atoms with Gasteiger partial charge in [-0.1, -0.05) is 49.4 Å². The maximum absolute atomic E-state index is 12.7. The fourth-order valence-electron chi connectivity index (χ4n) is 2.92. The zero-order chi connectivity index (χ0) is 20.1. The van der Waals surface area contributed by atoms with Gasteiger partial charge >= 0.3 is 6.03 Å². The van der Waals surface area contributed by atoms with Crippen LogP contribution in [0.1, 0.15) is 35.7 Å². The standard InChI is InChI=1S/C21H23N3O3S/c1-14(15-8-4-3-5-9-15)12-22-18(25)16-10-6-7-11-17(16)28-13-21(2)19(26)23-20(27)24-21/h3-11,14H,12-13H2,1-2H3,(H,22,25)(H2,23,24,26,27)/t14-,21-/m0/s1. The van der Waals surface area contributed by atoms with Gasteiger partial charge in [-0.05, 0) is 30.5 Å². The lowest BCUT2D eigenvalue weighted by molar-refractivity contribution is -0.122. The van der Waals surface area contributed by atoms with Gasteiger partial charge in [0.25, 0.3) is 11.8 Å². The van der Waals surface area contributed by atoms with Gasteiger partial charge in [0, 0.05) is 17.2 Å². The fourth-order valence-corrected chi connectivity index (χ4v) is 4.06. The third kappa shape index (κ3) is 4.54. The van der Waals surface area contributed by atoms with Crippen molar-refractivity contribution < 1.29 is 14.4 Å². The van der Waals surface area contributed by atoms with Crippen molar-refractivity contribution in [1.82, 2.24) is 16.0 Å². The van der Waals surface area contributed by atoms with Gasteiger partial charge in [-0.25, -0.2) is 4.79 Å². The zero-order valence-corrected chi connectivity index (χ0v) is 16.6. The highest BCUT2D eigenvalue weighted by molar-refractivity contribution is 7.99. The Morgan fingerprint density at radius 1 is 1.11 bits per heavy atom. The number of thioether (sulfide) groups is 1. The number of benzene rings is 2. The van der Waals surface area contributed by atoms with Crippen LogP contribution in [-0.4, -0.2) is 35.7 Å². The number of carbonyl (C=O) groups is 3. The van der Waals surface area contributed by atoms with E-state index in [9.17, 15) is 14.4 Å². The van der Waals surface area contributed by atoms with Crippen LogP contribution in [0.3, 0.4) is 0 Å². The Balaban J connectivity index is 1.64. The Kier molecular flexibility index (Phi) is 6.04. The molecule has 0 spiro atoms. The summed E-state index contributed by atoms with van der Waals surface area (Å²) in [6.07, 6.45) is 0. The van der Waals surface area contributed by atoms with Crippen LogP contribution in [0, 0.1) is 0 Å². The van der Waals surface area contributed by atoms with Crippen molar-refractivity contribution in [2.45, 2.75) is 30.2 Å². The average molecular weight is 398 g/mol. The SMILES string of the molecule is C[C@@H](CNC(=O)c1ccccc1SC[C@]1(C)NC(=O)NC1=O)c1ccccc1. The summed E-state index contributed by atoms with van der Waals surface area (Å²) in [5.41, 5.74) is 0.732. The second-order valence-corrected chi connectivity index (χ2v) is 8.06. The molecule has 3 N–H and O–H groups in total. The number of hydrogen-bond donors (Lipinski definition) is 3. The Bertz CT molecular complexity index is 887. The molecule has 1 fully saturated rings. The molecule has 0 unspecified atom stereocenters. The van der Waals surface area contributed by atoms with Gasteiger partial charge < -0.3 is 10.6 Å². The van der Waals surface area contributed by atoms with Crippen LogP contribution in [0.4, 0.5) is 4.79 Å². The number of amides is 4. The summed E-state index contributed by atoms with van der Waals surface area (Å²) in [5.74, 6) is 0.00998. The molecule has 28 heavy (non-hydrogen) atoms. The van der Waals surface area contributed by atoms with E-state index in [4.69, 9.17) is 0 Å². The summed E-state index contributed by atoms with van der Waals surface area (Å²) in [7, 11) is 0. The fraction of sp³-hybridized carbons (Fsp3) is 0.286. The summed E-state index contributed by atoms with van der Waals surface area (Å²) < 4.78 is 0. The van der Waals surface area contributed by atoms with Crippen molar-refractivity contribution >= 4 is 29.6 Å². The van der Waals surface area contributed by atoms with Crippen molar-refractivity contribution in [3.8, 4) is 0 Å². The Morgan fingerprint density at radius 2 is 1.79 bits per heavy atom. The van der Waals surface area contributed by atoms with Crippen molar-refractivity contribution in [2.24, 2.45) is 0 Å². The molecule has 1 aliphatic rings. The number of rotatable bonds is 7. The van der Waals surface area contributed by atoms with E-state index in [1.54, 1.807) is 13.0 Å². The van der Waals surface area contributed by atoms with Gasteiger partial charge in [0.15, 0.2) is 0 Å². The first-order valence-corrected chi connectivity index (χ1v) is 10.1. The summed E-state index contributed by atoms with van der Waals surface area (Å²) in [6.45, 7) is 4.26. The second kappa shape index (κ2) is 8.48. The predicted molar refractivity (Wildman–Crippen MR) is 109 cm³/mol. The van der Waals surface area contributed by atoms with Crippen LogP contribution in [-0.2, 0) is 4.79 Å². The molecule has 0 aromatic heterocycles. The largest absolute Gasteiger partial charge is 0.351 e. The van der Waals surface area contributed by atoms with Crippen LogP contribution < -0.4 is 16.0 Å². The molecule has 4 amide bonds. The van der Waals surface area contributed by atoms with Gasteiger partial charge in [-0.15, -0.1) is 11.8 Å². The first kappa shape index (κ1) is 19.9. The summed E-state index contributed by atoms with van der Waals surface area (Å²) in [6, 6.07) is 16.8. The zero-order valence-electron chi connectivity index (χ0n) is 15.8. The van der Waals surface area contributed by atoms with E-state index in [-0.39, 0.29) is 17.7 Å². The van der Waals surface area contributed by atoms with E-state index < -0.39 is 11.6 Å². The third-order valence-electron chi connectivity index (χ3n) is 4.70. The van der Waals surface area contributed by atoms with Crippen LogP contribution in [0.15, 0.2) is 59.5 Å². The molecule has 1 aliphatic heterocycles. The molecule has 0 bridgehead atoms. The van der Waals surface area contributed by atoms with E-state index in [0.29, 0.717) is 17.9 Å².